The standard InChI is InChI=1S/C35H29FN4O4S/c1-20-10-12-22(13-11-20)34-32(35(41)37-2)25-17-24(29(19-31(25)44-34)39(3)45(4,42)43)27-15-14-21-7-6-16-40-28-9-5-8-26(36)23(28)18-30(40)33(21)38-27/h5-15,17-19H,16H2,1-4H3,(H,37,41). The molecule has 0 bridgehead atoms. The minimum Gasteiger partial charge on any atom is -0.455 e. The van der Waals surface area contributed by atoms with E-state index in [1.54, 1.807) is 31.3 Å². The molecule has 0 spiro atoms. The van der Waals surface area contributed by atoms with Gasteiger partial charge in [-0.1, -0.05) is 54.1 Å². The third-order valence-electron chi connectivity index (χ3n) is 8.33. The van der Waals surface area contributed by atoms with Crippen LogP contribution in [0.4, 0.5) is 10.1 Å². The van der Waals surface area contributed by atoms with E-state index in [2.05, 4.69) is 5.32 Å². The summed E-state index contributed by atoms with van der Waals surface area (Å²) in [4.78, 5) is 18.4. The molecule has 8 nitrogen and oxygen atoms in total. The summed E-state index contributed by atoms with van der Waals surface area (Å²) in [5.41, 5.74) is 6.73. The van der Waals surface area contributed by atoms with Gasteiger partial charge in [-0.05, 0) is 37.3 Å². The van der Waals surface area contributed by atoms with E-state index in [-0.39, 0.29) is 11.7 Å². The number of anilines is 1. The highest BCUT2D eigenvalue weighted by Crippen LogP contribution is 2.42. The molecule has 4 heterocycles. The molecule has 226 valence electrons. The van der Waals surface area contributed by atoms with Crippen molar-refractivity contribution in [3.63, 3.8) is 0 Å². The van der Waals surface area contributed by atoms with Gasteiger partial charge in [-0.3, -0.25) is 9.10 Å². The molecule has 6 aromatic rings. The Morgan fingerprint density at radius 3 is 2.56 bits per heavy atom. The van der Waals surface area contributed by atoms with Crippen LogP contribution in [0.1, 0.15) is 21.5 Å². The Morgan fingerprint density at radius 2 is 1.82 bits per heavy atom. The van der Waals surface area contributed by atoms with Crippen LogP contribution in [0, 0.1) is 12.7 Å². The van der Waals surface area contributed by atoms with E-state index in [1.165, 1.54) is 17.4 Å². The maximum absolute atomic E-state index is 14.8. The normalized spacial score (nSPS) is 12.6. The number of allylic oxidation sites excluding steroid dienone is 1. The summed E-state index contributed by atoms with van der Waals surface area (Å²) >= 11 is 0. The van der Waals surface area contributed by atoms with Crippen LogP contribution in [0.25, 0.3) is 61.9 Å². The molecular weight excluding hydrogens is 591 g/mol. The average molecular weight is 621 g/mol. The molecule has 1 aliphatic rings. The number of nitrogens with one attached hydrogen (secondary N) is 1. The van der Waals surface area contributed by atoms with E-state index >= 15 is 0 Å². The van der Waals surface area contributed by atoms with Crippen molar-refractivity contribution in [2.24, 2.45) is 0 Å². The first-order valence-corrected chi connectivity index (χ1v) is 16.2. The quantitative estimate of drug-likeness (QED) is 0.224. The minimum absolute atomic E-state index is 0.316. The van der Waals surface area contributed by atoms with Gasteiger partial charge in [0.15, 0.2) is 0 Å². The van der Waals surface area contributed by atoms with Crippen molar-refractivity contribution < 1.29 is 22.0 Å². The lowest BCUT2D eigenvalue weighted by Gasteiger charge is -2.21. The summed E-state index contributed by atoms with van der Waals surface area (Å²) < 4.78 is 50.0. The van der Waals surface area contributed by atoms with Crippen LogP contribution in [0.15, 0.2) is 83.3 Å². The molecule has 0 aliphatic carbocycles. The Balaban J connectivity index is 1.51. The molecule has 3 aromatic heterocycles. The maximum Gasteiger partial charge on any atom is 0.255 e. The molecule has 0 radical (unpaired) electrons. The molecular formula is C35H29FN4O4S. The Labute approximate surface area is 259 Å². The number of amides is 1. The zero-order valence-corrected chi connectivity index (χ0v) is 25.9. The van der Waals surface area contributed by atoms with Gasteiger partial charge in [0.25, 0.3) is 5.91 Å². The molecule has 0 atom stereocenters. The summed E-state index contributed by atoms with van der Waals surface area (Å²) in [5, 5.41) is 3.73. The van der Waals surface area contributed by atoms with Crippen LogP contribution in [-0.4, -0.2) is 44.2 Å². The molecule has 3 aromatic carbocycles. The molecule has 1 amide bonds. The highest BCUT2D eigenvalue weighted by molar-refractivity contribution is 7.92. The number of furan rings is 1. The third kappa shape index (κ3) is 4.69. The number of fused-ring (bicyclic) bond motifs is 6. The number of hydrogen-bond acceptors (Lipinski definition) is 5. The Morgan fingerprint density at radius 1 is 1.04 bits per heavy atom. The second-order valence-corrected chi connectivity index (χ2v) is 13.2. The Kier molecular flexibility index (Phi) is 6.63. The van der Waals surface area contributed by atoms with Gasteiger partial charge < -0.3 is 14.3 Å². The van der Waals surface area contributed by atoms with E-state index < -0.39 is 10.0 Å². The molecule has 10 heteroatoms. The van der Waals surface area contributed by atoms with Crippen LogP contribution in [-0.2, 0) is 16.6 Å². The Bertz CT molecular complexity index is 2320. The summed E-state index contributed by atoms with van der Waals surface area (Å²) in [6, 6.07) is 21.6. The van der Waals surface area contributed by atoms with Gasteiger partial charge in [0.2, 0.25) is 10.0 Å². The summed E-state index contributed by atoms with van der Waals surface area (Å²) in [7, 11) is -0.682. The van der Waals surface area contributed by atoms with Crippen molar-refractivity contribution in [2.75, 3.05) is 24.7 Å². The van der Waals surface area contributed by atoms with Gasteiger partial charge in [0, 0.05) is 54.2 Å². The molecule has 1 N–H and O–H groups in total. The molecule has 7 rings (SSSR count). The molecule has 1 aliphatic heterocycles. The summed E-state index contributed by atoms with van der Waals surface area (Å²) in [6.45, 7) is 2.51. The van der Waals surface area contributed by atoms with Crippen molar-refractivity contribution in [3.8, 4) is 34.0 Å². The molecule has 0 fully saturated rings. The van der Waals surface area contributed by atoms with Gasteiger partial charge >= 0.3 is 0 Å². The van der Waals surface area contributed by atoms with Crippen LogP contribution in [0.3, 0.4) is 0 Å². The lowest BCUT2D eigenvalue weighted by atomic mass is 9.99. The van der Waals surface area contributed by atoms with Gasteiger partial charge in [-0.15, -0.1) is 0 Å². The van der Waals surface area contributed by atoms with Crippen LogP contribution < -0.4 is 9.62 Å². The highest BCUT2D eigenvalue weighted by atomic mass is 32.2. The summed E-state index contributed by atoms with van der Waals surface area (Å²) in [6.07, 6.45) is 5.10. The fraction of sp³-hybridized carbons (Fsp3) is 0.143. The molecule has 45 heavy (non-hydrogen) atoms. The van der Waals surface area contributed by atoms with E-state index in [9.17, 15) is 17.6 Å². The van der Waals surface area contributed by atoms with Crippen molar-refractivity contribution in [1.29, 1.82) is 0 Å². The molecule has 0 unspecified atom stereocenters. The first-order valence-electron chi connectivity index (χ1n) is 14.3. The van der Waals surface area contributed by atoms with E-state index in [1.807, 2.05) is 66.1 Å². The zero-order valence-electron chi connectivity index (χ0n) is 25.1. The van der Waals surface area contributed by atoms with Crippen molar-refractivity contribution in [1.82, 2.24) is 14.9 Å². The number of nitrogens with zero attached hydrogens (tertiary/aromatic N) is 3. The smallest absolute Gasteiger partial charge is 0.255 e. The number of halogens is 1. The highest BCUT2D eigenvalue weighted by Gasteiger charge is 2.27. The third-order valence-corrected chi connectivity index (χ3v) is 9.53. The molecule has 0 saturated heterocycles. The minimum atomic E-state index is -3.70. The zero-order chi connectivity index (χ0) is 31.6. The monoisotopic (exact) mass is 620 g/mol. The lowest BCUT2D eigenvalue weighted by molar-refractivity contribution is 0.0964. The maximum atomic E-state index is 14.8. The summed E-state index contributed by atoms with van der Waals surface area (Å²) in [5.74, 6) is -0.282. The average Bonchev–Trinajstić information content (AvgIpc) is 3.53. The number of pyridine rings is 1. The number of aryl methyl sites for hydroxylation is 1. The van der Waals surface area contributed by atoms with Gasteiger partial charge in [-0.2, -0.15) is 0 Å². The van der Waals surface area contributed by atoms with E-state index in [0.29, 0.717) is 62.4 Å². The first kappa shape index (κ1) is 28.5. The van der Waals surface area contributed by atoms with Crippen LogP contribution in [0.5, 0.6) is 0 Å². The second-order valence-electron chi connectivity index (χ2n) is 11.2. The Hall–Kier alpha value is -5.22. The number of carbonyl (C=O) groups excluding carboxylic acids is 1. The van der Waals surface area contributed by atoms with Gasteiger partial charge in [0.05, 0.1) is 40.1 Å². The number of aromatic nitrogens is 2. The number of benzene rings is 3. The number of rotatable bonds is 5. The van der Waals surface area contributed by atoms with Gasteiger partial charge in [-0.25, -0.2) is 17.8 Å². The van der Waals surface area contributed by atoms with Crippen molar-refractivity contribution in [3.05, 3.63) is 101 Å². The fourth-order valence-electron chi connectivity index (χ4n) is 5.92. The predicted molar refractivity (Wildman–Crippen MR) is 176 cm³/mol. The topological polar surface area (TPSA) is 97.4 Å². The van der Waals surface area contributed by atoms with Crippen LogP contribution in [0.2, 0.25) is 0 Å². The number of carbonyl (C=O) groups is 1. The number of hydrogen-bond donors (Lipinski definition) is 1. The van der Waals surface area contributed by atoms with Crippen molar-refractivity contribution >= 4 is 49.6 Å². The number of sulfonamides is 1. The largest absolute Gasteiger partial charge is 0.455 e. The SMILES string of the molecule is CNC(=O)c1c(-c2ccc(C)cc2)oc2cc(N(C)S(C)(=O)=O)c(-c3ccc4c(n3)-c3cc5c(F)cccc5n3CC=C4)cc12. The van der Waals surface area contributed by atoms with Crippen molar-refractivity contribution in [2.45, 2.75) is 13.5 Å². The fourth-order valence-corrected chi connectivity index (χ4v) is 6.43. The van der Waals surface area contributed by atoms with Crippen LogP contribution >= 0.6 is 0 Å². The lowest BCUT2D eigenvalue weighted by Crippen LogP contribution is -2.25. The predicted octanol–water partition coefficient (Wildman–Crippen LogP) is 7.01. The molecule has 0 saturated carbocycles. The van der Waals surface area contributed by atoms with E-state index in [0.717, 1.165) is 28.6 Å². The van der Waals surface area contributed by atoms with Gasteiger partial charge in [0.1, 0.15) is 17.2 Å². The second kappa shape index (κ2) is 10.4. The van der Waals surface area contributed by atoms with E-state index in [4.69, 9.17) is 9.40 Å². The first-order chi connectivity index (χ1) is 21.5.